The van der Waals surface area contributed by atoms with Crippen molar-refractivity contribution in [2.24, 2.45) is 0 Å². The van der Waals surface area contributed by atoms with Crippen LogP contribution in [0.1, 0.15) is 165 Å². The van der Waals surface area contributed by atoms with Crippen LogP contribution in [0.15, 0.2) is 0 Å². The van der Waals surface area contributed by atoms with E-state index in [1.165, 1.54) is 0 Å². The van der Waals surface area contributed by atoms with Gasteiger partial charge in [-0.05, 0) is 94.4 Å². The predicted molar refractivity (Wildman–Crippen MR) is 267 cm³/mol. The quantitative estimate of drug-likeness (QED) is 0.0292. The third-order valence-electron chi connectivity index (χ3n) is 9.54. The van der Waals surface area contributed by atoms with Crippen LogP contribution in [-0.4, -0.2) is 154 Å². The molecular formula is C49H91N7O15. The molecule has 412 valence electrons. The number of hydrogen-bond acceptors (Lipinski definition) is 14. The molecule has 22 heteroatoms. The highest BCUT2D eigenvalue weighted by Gasteiger charge is 2.34. The van der Waals surface area contributed by atoms with Crippen molar-refractivity contribution in [1.82, 2.24) is 37.2 Å². The molecule has 0 atom stereocenters. The fourth-order valence-corrected chi connectivity index (χ4v) is 6.24. The second-order valence-electron chi connectivity index (χ2n) is 20.4. The monoisotopic (exact) mass is 1020 g/mol. The Morgan fingerprint density at radius 2 is 0.634 bits per heavy atom. The van der Waals surface area contributed by atoms with Crippen LogP contribution in [0, 0.1) is 0 Å². The van der Waals surface area contributed by atoms with E-state index < -0.39 is 46.6 Å². The molecular weight excluding hydrogens is 927 g/mol. The zero-order valence-electron chi connectivity index (χ0n) is 44.5. The molecule has 8 N–H and O–H groups in total. The first kappa shape index (κ1) is 66.0. The summed E-state index contributed by atoms with van der Waals surface area (Å²) in [6.45, 7) is 17.2. The Morgan fingerprint density at radius 3 is 0.930 bits per heavy atom. The summed E-state index contributed by atoms with van der Waals surface area (Å²) in [5.74, 6) is -1.94. The highest BCUT2D eigenvalue weighted by Crippen LogP contribution is 2.15. The number of nitrogens with one attached hydrogen (secondary N) is 7. The first-order valence-corrected chi connectivity index (χ1v) is 25.3. The number of rotatable bonds is 39. The van der Waals surface area contributed by atoms with E-state index >= 15 is 0 Å². The van der Waals surface area contributed by atoms with Gasteiger partial charge >= 0.3 is 24.2 Å². The van der Waals surface area contributed by atoms with Crippen molar-refractivity contribution in [1.29, 1.82) is 0 Å². The van der Waals surface area contributed by atoms with Crippen LogP contribution in [0.5, 0.6) is 0 Å². The normalized spacial score (nSPS) is 11.7. The summed E-state index contributed by atoms with van der Waals surface area (Å²) in [5.41, 5.74) is -3.18. The van der Waals surface area contributed by atoms with Gasteiger partial charge in [0.25, 0.3) is 0 Å². The molecule has 0 fully saturated rings. The van der Waals surface area contributed by atoms with Crippen molar-refractivity contribution in [2.45, 2.75) is 187 Å². The standard InChI is InChI=1S/C49H91N7O15/c1-46(2,3)69-43(63)53-29-18-26-50-38(57)23-32-66-35-49(56-41(60)21-16-14-12-10-11-13-15-17-22-42(61)62,36-67-33-24-39(58)51-27-19-30-54-44(64)70-47(4,5)6)37-68-34-25-40(59)52-28-20-31-55-45(65)71-48(7,8)9/h10-37H2,1-9H3,(H,50,57)(H,51,58)(H,52,59)(H,53,63)(H,54,64)(H,55,65)(H,56,60)(H,61,62). The lowest BCUT2D eigenvalue weighted by Gasteiger charge is -2.34. The van der Waals surface area contributed by atoms with Gasteiger partial charge in [-0.3, -0.25) is 24.0 Å². The number of carboxylic acids is 1. The highest BCUT2D eigenvalue weighted by molar-refractivity contribution is 5.77. The molecule has 0 spiro atoms. The summed E-state index contributed by atoms with van der Waals surface area (Å²) in [4.78, 5) is 98.1. The number of carbonyl (C=O) groups is 8. The van der Waals surface area contributed by atoms with Gasteiger partial charge in [-0.25, -0.2) is 14.4 Å². The van der Waals surface area contributed by atoms with Crippen molar-refractivity contribution < 1.29 is 71.9 Å². The smallest absolute Gasteiger partial charge is 0.407 e. The average molecular weight is 1020 g/mol. The number of carbonyl (C=O) groups excluding carboxylic acids is 7. The fourth-order valence-electron chi connectivity index (χ4n) is 6.24. The zero-order chi connectivity index (χ0) is 53.6. The van der Waals surface area contributed by atoms with Gasteiger partial charge in [0.1, 0.15) is 22.3 Å². The average Bonchev–Trinajstić information content (AvgIpc) is 3.23. The van der Waals surface area contributed by atoms with E-state index in [2.05, 4.69) is 37.2 Å². The predicted octanol–water partition coefficient (Wildman–Crippen LogP) is 5.14. The number of aliphatic carboxylic acids is 1. The number of unbranched alkanes of at least 4 members (excludes halogenated alkanes) is 7. The summed E-state index contributed by atoms with van der Waals surface area (Å²) < 4.78 is 33.7. The Kier molecular flexibility index (Phi) is 35.1. The van der Waals surface area contributed by atoms with Gasteiger partial charge in [-0.15, -0.1) is 0 Å². The SMILES string of the molecule is CC(C)(C)OC(=O)NCCCNC(=O)CCOCC(COCCC(=O)NCCCNC(=O)OC(C)(C)C)(COCCC(=O)NCCCNC(=O)OC(C)(C)C)NC(=O)CCCCCCCCCCC(=O)O. The molecule has 22 nitrogen and oxygen atoms in total. The van der Waals surface area contributed by atoms with Crippen molar-refractivity contribution in [2.75, 3.05) is 78.9 Å². The first-order chi connectivity index (χ1) is 33.3. The van der Waals surface area contributed by atoms with E-state index in [1.807, 2.05) is 0 Å². The van der Waals surface area contributed by atoms with Gasteiger partial charge in [0.05, 0.1) is 39.6 Å². The number of amides is 7. The first-order valence-electron chi connectivity index (χ1n) is 25.3. The van der Waals surface area contributed by atoms with E-state index in [-0.39, 0.29) is 95.4 Å². The fraction of sp³-hybridized carbons (Fsp3) is 0.837. The third kappa shape index (κ3) is 44.7. The molecule has 0 unspecified atom stereocenters. The molecule has 0 aliphatic heterocycles. The Bertz CT molecular complexity index is 1420. The van der Waals surface area contributed by atoms with Crippen molar-refractivity contribution in [3.63, 3.8) is 0 Å². The molecule has 71 heavy (non-hydrogen) atoms. The Balaban J connectivity index is 5.62. The molecule has 0 aliphatic rings. The summed E-state index contributed by atoms with van der Waals surface area (Å²) in [6.07, 6.45) is 6.87. The molecule has 0 bridgehead atoms. The van der Waals surface area contributed by atoms with Crippen LogP contribution in [0.4, 0.5) is 14.4 Å². The molecule has 0 saturated carbocycles. The summed E-state index contributed by atoms with van der Waals surface area (Å²) >= 11 is 0. The van der Waals surface area contributed by atoms with E-state index in [4.69, 9.17) is 33.5 Å². The summed E-state index contributed by atoms with van der Waals surface area (Å²) in [7, 11) is 0. The van der Waals surface area contributed by atoms with Crippen LogP contribution in [0.25, 0.3) is 0 Å². The summed E-state index contributed by atoms with van der Waals surface area (Å²) in [6, 6.07) is 0. The van der Waals surface area contributed by atoms with E-state index in [1.54, 1.807) is 62.3 Å². The maximum absolute atomic E-state index is 13.6. The van der Waals surface area contributed by atoms with Gasteiger partial charge in [0, 0.05) is 71.4 Å². The number of hydrogen-bond donors (Lipinski definition) is 8. The number of carboxylic acid groups (broad SMARTS) is 1. The van der Waals surface area contributed by atoms with Crippen molar-refractivity contribution >= 4 is 47.9 Å². The molecule has 0 heterocycles. The maximum atomic E-state index is 13.6. The number of ether oxygens (including phenoxy) is 6. The van der Waals surface area contributed by atoms with Crippen LogP contribution in [-0.2, 0) is 52.4 Å². The van der Waals surface area contributed by atoms with Gasteiger partial charge in [-0.1, -0.05) is 38.5 Å². The lowest BCUT2D eigenvalue weighted by Crippen LogP contribution is -2.58. The van der Waals surface area contributed by atoms with E-state index in [9.17, 15) is 38.4 Å². The third-order valence-corrected chi connectivity index (χ3v) is 9.54. The van der Waals surface area contributed by atoms with E-state index in [0.29, 0.717) is 71.4 Å². The molecule has 7 amide bonds. The zero-order valence-corrected chi connectivity index (χ0v) is 44.5. The lowest BCUT2D eigenvalue weighted by molar-refractivity contribution is -0.137. The van der Waals surface area contributed by atoms with Crippen LogP contribution in [0.3, 0.4) is 0 Å². The number of alkyl carbamates (subject to hydrolysis) is 3. The molecule has 0 radical (unpaired) electrons. The van der Waals surface area contributed by atoms with Crippen LogP contribution in [0.2, 0.25) is 0 Å². The molecule has 0 aliphatic carbocycles. The van der Waals surface area contributed by atoms with Crippen LogP contribution >= 0.6 is 0 Å². The molecule has 0 aromatic rings. The minimum Gasteiger partial charge on any atom is -0.481 e. The Morgan fingerprint density at radius 1 is 0.352 bits per heavy atom. The topological polar surface area (TPSA) is 296 Å². The van der Waals surface area contributed by atoms with Crippen LogP contribution < -0.4 is 37.2 Å². The van der Waals surface area contributed by atoms with Gasteiger partial charge in [0.2, 0.25) is 23.6 Å². The minimum absolute atomic E-state index is 0.00821. The molecule has 0 saturated heterocycles. The van der Waals surface area contributed by atoms with Gasteiger partial charge < -0.3 is 70.7 Å². The second kappa shape index (κ2) is 37.8. The lowest BCUT2D eigenvalue weighted by atomic mass is 10.0. The van der Waals surface area contributed by atoms with E-state index in [0.717, 1.165) is 38.5 Å². The van der Waals surface area contributed by atoms with Gasteiger partial charge in [-0.2, -0.15) is 0 Å². The highest BCUT2D eigenvalue weighted by atomic mass is 16.6. The molecule has 0 aromatic carbocycles. The Hall–Kier alpha value is -4.96. The Labute approximate surface area is 422 Å². The second-order valence-corrected chi connectivity index (χ2v) is 20.4. The van der Waals surface area contributed by atoms with Gasteiger partial charge in [0.15, 0.2) is 0 Å². The molecule has 0 rings (SSSR count). The van der Waals surface area contributed by atoms with Crippen molar-refractivity contribution in [3.05, 3.63) is 0 Å². The largest absolute Gasteiger partial charge is 0.481 e. The van der Waals surface area contributed by atoms with Crippen molar-refractivity contribution in [3.8, 4) is 0 Å². The molecule has 0 aromatic heterocycles. The minimum atomic E-state index is -1.29. The maximum Gasteiger partial charge on any atom is 0.407 e. The summed E-state index contributed by atoms with van der Waals surface area (Å²) in [5, 5.41) is 28.2.